The maximum absolute atomic E-state index is 10.9. The van der Waals surface area contributed by atoms with Crippen LogP contribution >= 0.6 is 0 Å². The summed E-state index contributed by atoms with van der Waals surface area (Å²) in [7, 11) is 0. The number of hydrogen-bond donors (Lipinski definition) is 1. The van der Waals surface area contributed by atoms with E-state index in [9.17, 15) is 15.2 Å². The van der Waals surface area contributed by atoms with Crippen molar-refractivity contribution in [3.8, 4) is 5.75 Å². The molecule has 1 aromatic rings. The molecule has 0 amide bonds. The quantitative estimate of drug-likeness (QED) is 0.673. The lowest BCUT2D eigenvalue weighted by molar-refractivity contribution is -0.385. The second-order valence-corrected chi connectivity index (χ2v) is 5.17. The van der Waals surface area contributed by atoms with Gasteiger partial charge in [-0.25, -0.2) is 0 Å². The van der Waals surface area contributed by atoms with E-state index < -0.39 is 6.10 Å². The van der Waals surface area contributed by atoms with Crippen molar-refractivity contribution in [1.82, 2.24) is 0 Å². The molecular formula is C14H19NO4. The number of aryl methyl sites for hydroxylation is 2. The van der Waals surface area contributed by atoms with Crippen molar-refractivity contribution in [3.05, 3.63) is 33.4 Å². The van der Waals surface area contributed by atoms with E-state index >= 15 is 0 Å². The minimum atomic E-state index is -0.441. The molecule has 1 aromatic carbocycles. The first kappa shape index (κ1) is 13.8. The Labute approximate surface area is 112 Å². The van der Waals surface area contributed by atoms with Crippen LogP contribution in [0.4, 0.5) is 5.69 Å². The van der Waals surface area contributed by atoms with Crippen LogP contribution in [0, 0.1) is 24.0 Å². The second kappa shape index (κ2) is 5.57. The average Bonchev–Trinajstić information content (AvgIpc) is 2.35. The summed E-state index contributed by atoms with van der Waals surface area (Å²) in [6.45, 7) is 3.48. The SMILES string of the molecule is Cc1cc([N+](=O)[O-])c(C)cc1OC1CCCCC1O. The molecule has 0 aromatic heterocycles. The fourth-order valence-corrected chi connectivity index (χ4v) is 2.48. The Balaban J connectivity index is 2.21. The van der Waals surface area contributed by atoms with Gasteiger partial charge >= 0.3 is 0 Å². The molecule has 1 fully saturated rings. The van der Waals surface area contributed by atoms with Crippen molar-refractivity contribution >= 4 is 5.69 Å². The maximum Gasteiger partial charge on any atom is 0.272 e. The van der Waals surface area contributed by atoms with Crippen LogP contribution < -0.4 is 4.74 Å². The third-order valence-corrected chi connectivity index (χ3v) is 3.64. The molecule has 1 saturated carbocycles. The molecule has 5 nitrogen and oxygen atoms in total. The molecule has 0 heterocycles. The lowest BCUT2D eigenvalue weighted by Gasteiger charge is -2.28. The Morgan fingerprint density at radius 3 is 2.58 bits per heavy atom. The summed E-state index contributed by atoms with van der Waals surface area (Å²) >= 11 is 0. The summed E-state index contributed by atoms with van der Waals surface area (Å²) in [5.41, 5.74) is 1.42. The molecule has 0 spiro atoms. The summed E-state index contributed by atoms with van der Waals surface area (Å²) in [6.07, 6.45) is 3.02. The molecule has 1 aliphatic rings. The van der Waals surface area contributed by atoms with Crippen LogP contribution in [0.2, 0.25) is 0 Å². The lowest BCUT2D eigenvalue weighted by atomic mass is 9.94. The van der Waals surface area contributed by atoms with Gasteiger partial charge < -0.3 is 9.84 Å². The third-order valence-electron chi connectivity index (χ3n) is 3.64. The number of hydrogen-bond acceptors (Lipinski definition) is 4. The van der Waals surface area contributed by atoms with Gasteiger partial charge in [-0.15, -0.1) is 0 Å². The fraction of sp³-hybridized carbons (Fsp3) is 0.571. The van der Waals surface area contributed by atoms with Gasteiger partial charge in [0.2, 0.25) is 0 Å². The number of aliphatic hydroxyl groups excluding tert-OH is 1. The zero-order chi connectivity index (χ0) is 14.0. The van der Waals surface area contributed by atoms with Crippen molar-refractivity contribution in [3.63, 3.8) is 0 Å². The van der Waals surface area contributed by atoms with Gasteiger partial charge in [-0.3, -0.25) is 10.1 Å². The van der Waals surface area contributed by atoms with Crippen LogP contribution in [0.1, 0.15) is 36.8 Å². The van der Waals surface area contributed by atoms with Crippen LogP contribution in [0.5, 0.6) is 5.75 Å². The van der Waals surface area contributed by atoms with Crippen molar-refractivity contribution in [1.29, 1.82) is 0 Å². The Hall–Kier alpha value is -1.62. The number of aliphatic hydroxyl groups is 1. The van der Waals surface area contributed by atoms with Crippen molar-refractivity contribution < 1.29 is 14.8 Å². The zero-order valence-electron chi connectivity index (χ0n) is 11.3. The molecule has 0 saturated heterocycles. The average molecular weight is 265 g/mol. The standard InChI is InChI=1S/C14H19NO4/c1-9-8-14(10(2)7-11(9)15(17)18)19-13-6-4-3-5-12(13)16/h7-8,12-13,16H,3-6H2,1-2H3. The molecule has 0 aliphatic heterocycles. The van der Waals surface area contributed by atoms with Gasteiger partial charge in [-0.05, 0) is 44.7 Å². The van der Waals surface area contributed by atoms with Gasteiger partial charge in [0.05, 0.1) is 11.0 Å². The molecule has 0 radical (unpaired) electrons. The monoisotopic (exact) mass is 265 g/mol. The fourth-order valence-electron chi connectivity index (χ4n) is 2.48. The summed E-state index contributed by atoms with van der Waals surface area (Å²) < 4.78 is 5.84. The Morgan fingerprint density at radius 1 is 1.26 bits per heavy atom. The van der Waals surface area contributed by atoms with Crippen LogP contribution in [0.15, 0.2) is 12.1 Å². The molecule has 2 atom stereocenters. The first-order chi connectivity index (χ1) is 8.99. The lowest BCUT2D eigenvalue weighted by Crippen LogP contribution is -2.34. The van der Waals surface area contributed by atoms with E-state index in [1.807, 2.05) is 0 Å². The van der Waals surface area contributed by atoms with E-state index in [2.05, 4.69) is 0 Å². The van der Waals surface area contributed by atoms with Crippen molar-refractivity contribution in [2.45, 2.75) is 51.7 Å². The molecule has 2 rings (SSSR count). The Kier molecular flexibility index (Phi) is 4.04. The van der Waals surface area contributed by atoms with E-state index in [1.165, 1.54) is 6.07 Å². The molecule has 5 heteroatoms. The molecule has 1 aliphatic carbocycles. The second-order valence-electron chi connectivity index (χ2n) is 5.17. The maximum atomic E-state index is 10.9. The van der Waals surface area contributed by atoms with E-state index in [0.29, 0.717) is 11.3 Å². The molecule has 19 heavy (non-hydrogen) atoms. The number of nitro groups is 1. The van der Waals surface area contributed by atoms with Gasteiger partial charge in [0, 0.05) is 11.6 Å². The van der Waals surface area contributed by atoms with Gasteiger partial charge in [0.25, 0.3) is 5.69 Å². The predicted octanol–water partition coefficient (Wildman–Crippen LogP) is 2.89. The minimum Gasteiger partial charge on any atom is -0.487 e. The molecule has 2 unspecified atom stereocenters. The minimum absolute atomic E-state index is 0.106. The third kappa shape index (κ3) is 3.04. The van der Waals surface area contributed by atoms with Crippen LogP contribution in [0.3, 0.4) is 0 Å². The van der Waals surface area contributed by atoms with E-state index in [4.69, 9.17) is 4.74 Å². The highest BCUT2D eigenvalue weighted by molar-refractivity contribution is 5.49. The highest BCUT2D eigenvalue weighted by Gasteiger charge is 2.25. The summed E-state index contributed by atoms with van der Waals surface area (Å²) in [4.78, 5) is 10.5. The van der Waals surface area contributed by atoms with Crippen LogP contribution in [0.25, 0.3) is 0 Å². The van der Waals surface area contributed by atoms with Gasteiger partial charge in [0.15, 0.2) is 0 Å². The molecule has 104 valence electrons. The highest BCUT2D eigenvalue weighted by Crippen LogP contribution is 2.30. The number of benzene rings is 1. The number of nitro benzene ring substituents is 1. The van der Waals surface area contributed by atoms with E-state index in [1.54, 1.807) is 19.9 Å². The topological polar surface area (TPSA) is 72.6 Å². The van der Waals surface area contributed by atoms with Gasteiger partial charge in [-0.2, -0.15) is 0 Å². The first-order valence-corrected chi connectivity index (χ1v) is 6.59. The summed E-state index contributed by atoms with van der Waals surface area (Å²) in [5.74, 6) is 0.633. The molecule has 0 bridgehead atoms. The number of ether oxygens (including phenoxy) is 1. The van der Waals surface area contributed by atoms with E-state index in [0.717, 1.165) is 31.2 Å². The number of nitrogens with zero attached hydrogens (tertiary/aromatic N) is 1. The van der Waals surface area contributed by atoms with Gasteiger partial charge in [0.1, 0.15) is 11.9 Å². The number of rotatable bonds is 3. The van der Waals surface area contributed by atoms with Gasteiger partial charge in [-0.1, -0.05) is 6.42 Å². The Morgan fingerprint density at radius 2 is 1.95 bits per heavy atom. The Bertz CT molecular complexity index is 487. The summed E-state index contributed by atoms with van der Waals surface area (Å²) in [5, 5.41) is 20.8. The smallest absolute Gasteiger partial charge is 0.272 e. The van der Waals surface area contributed by atoms with E-state index in [-0.39, 0.29) is 16.7 Å². The predicted molar refractivity (Wildman–Crippen MR) is 71.5 cm³/mol. The van der Waals surface area contributed by atoms with Crippen molar-refractivity contribution in [2.24, 2.45) is 0 Å². The van der Waals surface area contributed by atoms with Crippen LogP contribution in [-0.2, 0) is 0 Å². The van der Waals surface area contributed by atoms with Crippen molar-refractivity contribution in [2.75, 3.05) is 0 Å². The highest BCUT2D eigenvalue weighted by atomic mass is 16.6. The zero-order valence-corrected chi connectivity index (χ0v) is 11.3. The van der Waals surface area contributed by atoms with Crippen LogP contribution in [-0.4, -0.2) is 22.2 Å². The largest absolute Gasteiger partial charge is 0.487 e. The first-order valence-electron chi connectivity index (χ1n) is 6.59. The molecular weight excluding hydrogens is 246 g/mol. The molecule has 1 N–H and O–H groups in total. The normalized spacial score (nSPS) is 23.1. The summed E-state index contributed by atoms with van der Waals surface area (Å²) in [6, 6.07) is 3.22.